The highest BCUT2D eigenvalue weighted by molar-refractivity contribution is 5.43. The predicted molar refractivity (Wildman–Crippen MR) is 111 cm³/mol. The molecule has 1 aromatic heterocycles. The number of aromatic nitrogens is 1. The first-order valence-corrected chi connectivity index (χ1v) is 10.4. The van der Waals surface area contributed by atoms with E-state index in [1.54, 1.807) is 12.7 Å². The highest BCUT2D eigenvalue weighted by Crippen LogP contribution is 2.38. The van der Waals surface area contributed by atoms with Crippen molar-refractivity contribution < 1.29 is 4.74 Å². The Bertz CT molecular complexity index is 726. The molecule has 2 aromatic rings. The van der Waals surface area contributed by atoms with Crippen LogP contribution in [-0.2, 0) is 6.42 Å². The molecule has 0 unspecified atom stereocenters. The average molecular weight is 366 g/mol. The van der Waals surface area contributed by atoms with E-state index in [1.807, 2.05) is 12.3 Å². The van der Waals surface area contributed by atoms with Gasteiger partial charge in [0.05, 0.1) is 7.11 Å². The Morgan fingerprint density at radius 1 is 1.07 bits per heavy atom. The molecule has 1 aromatic carbocycles. The van der Waals surface area contributed by atoms with Crippen LogP contribution in [0.5, 0.6) is 5.75 Å². The maximum absolute atomic E-state index is 5.59. The molecule has 1 atom stereocenters. The lowest BCUT2D eigenvalue weighted by Gasteiger charge is -2.35. The van der Waals surface area contributed by atoms with Gasteiger partial charge in [0.25, 0.3) is 0 Å². The molecule has 1 aliphatic heterocycles. The number of pyridine rings is 1. The van der Waals surface area contributed by atoms with Gasteiger partial charge in [0.15, 0.2) is 0 Å². The summed E-state index contributed by atoms with van der Waals surface area (Å²) < 4.78 is 5.59. The number of piperazine rings is 1. The van der Waals surface area contributed by atoms with E-state index in [0.717, 1.165) is 37.7 Å². The number of anilines is 1. The van der Waals surface area contributed by atoms with Crippen molar-refractivity contribution in [1.82, 2.24) is 9.88 Å². The second kappa shape index (κ2) is 8.75. The van der Waals surface area contributed by atoms with E-state index in [1.165, 1.54) is 44.2 Å². The SMILES string of the molecule is COc1cccc2c1CCC[C@H]2CCCN1CCN(c2ccccn2)CC1. The minimum absolute atomic E-state index is 0.707. The van der Waals surface area contributed by atoms with Gasteiger partial charge in [-0.15, -0.1) is 0 Å². The molecule has 4 rings (SSSR count). The molecule has 4 heteroatoms. The lowest BCUT2D eigenvalue weighted by atomic mass is 9.80. The van der Waals surface area contributed by atoms with Crippen molar-refractivity contribution in [2.24, 2.45) is 0 Å². The molecular formula is C23H31N3O. The minimum atomic E-state index is 0.707. The summed E-state index contributed by atoms with van der Waals surface area (Å²) >= 11 is 0. The van der Waals surface area contributed by atoms with E-state index in [9.17, 15) is 0 Å². The number of hydrogen-bond donors (Lipinski definition) is 0. The van der Waals surface area contributed by atoms with E-state index in [-0.39, 0.29) is 0 Å². The molecule has 1 fully saturated rings. The molecule has 144 valence electrons. The first kappa shape index (κ1) is 18.3. The number of ether oxygens (including phenoxy) is 1. The predicted octanol–water partition coefficient (Wildman–Crippen LogP) is 4.11. The fraction of sp³-hybridized carbons (Fsp3) is 0.522. The second-order valence-electron chi connectivity index (χ2n) is 7.78. The van der Waals surface area contributed by atoms with Crippen LogP contribution in [0.4, 0.5) is 5.82 Å². The fourth-order valence-corrected chi connectivity index (χ4v) is 4.71. The van der Waals surface area contributed by atoms with E-state index in [2.05, 4.69) is 45.1 Å². The molecule has 1 aliphatic carbocycles. The smallest absolute Gasteiger partial charge is 0.128 e. The van der Waals surface area contributed by atoms with Gasteiger partial charge in [-0.05, 0) is 73.9 Å². The maximum atomic E-state index is 5.59. The summed E-state index contributed by atoms with van der Waals surface area (Å²) in [6, 6.07) is 12.8. The van der Waals surface area contributed by atoms with Crippen molar-refractivity contribution in [2.75, 3.05) is 44.7 Å². The number of fused-ring (bicyclic) bond motifs is 1. The molecule has 4 nitrogen and oxygen atoms in total. The van der Waals surface area contributed by atoms with Gasteiger partial charge in [-0.1, -0.05) is 18.2 Å². The van der Waals surface area contributed by atoms with E-state index >= 15 is 0 Å². The quantitative estimate of drug-likeness (QED) is 0.770. The topological polar surface area (TPSA) is 28.6 Å². The van der Waals surface area contributed by atoms with Gasteiger partial charge >= 0.3 is 0 Å². The van der Waals surface area contributed by atoms with Gasteiger partial charge < -0.3 is 9.64 Å². The number of methoxy groups -OCH3 is 1. The second-order valence-corrected chi connectivity index (χ2v) is 7.78. The summed E-state index contributed by atoms with van der Waals surface area (Å²) in [7, 11) is 1.80. The first-order valence-electron chi connectivity index (χ1n) is 10.4. The molecule has 0 spiro atoms. The van der Waals surface area contributed by atoms with Crippen LogP contribution in [0.3, 0.4) is 0 Å². The third-order valence-corrected chi connectivity index (χ3v) is 6.18. The third kappa shape index (κ3) is 4.27. The Balaban J connectivity index is 1.26. The van der Waals surface area contributed by atoms with Crippen molar-refractivity contribution >= 4 is 5.82 Å². The van der Waals surface area contributed by atoms with Gasteiger partial charge in [0, 0.05) is 32.4 Å². The van der Waals surface area contributed by atoms with Crippen molar-refractivity contribution in [3.05, 3.63) is 53.7 Å². The largest absolute Gasteiger partial charge is 0.496 e. The monoisotopic (exact) mass is 365 g/mol. The van der Waals surface area contributed by atoms with Gasteiger partial charge in [0.2, 0.25) is 0 Å². The van der Waals surface area contributed by atoms with Gasteiger partial charge in [-0.3, -0.25) is 4.90 Å². The minimum Gasteiger partial charge on any atom is -0.496 e. The zero-order valence-corrected chi connectivity index (χ0v) is 16.4. The Morgan fingerprint density at radius 2 is 1.96 bits per heavy atom. The van der Waals surface area contributed by atoms with Crippen molar-refractivity contribution in [2.45, 2.75) is 38.0 Å². The number of nitrogens with zero attached hydrogens (tertiary/aromatic N) is 3. The summed E-state index contributed by atoms with van der Waals surface area (Å²) in [5.74, 6) is 2.91. The average Bonchev–Trinajstić information content (AvgIpc) is 2.74. The summed E-state index contributed by atoms with van der Waals surface area (Å²) in [5.41, 5.74) is 3.00. The molecule has 0 saturated carbocycles. The summed E-state index contributed by atoms with van der Waals surface area (Å²) in [4.78, 5) is 9.51. The van der Waals surface area contributed by atoms with Crippen molar-refractivity contribution in [1.29, 1.82) is 0 Å². The lowest BCUT2D eigenvalue weighted by molar-refractivity contribution is 0.248. The molecule has 0 radical (unpaired) electrons. The van der Waals surface area contributed by atoms with Crippen LogP contribution in [0.2, 0.25) is 0 Å². The van der Waals surface area contributed by atoms with Crippen LogP contribution in [-0.4, -0.2) is 49.7 Å². The van der Waals surface area contributed by atoms with Crippen LogP contribution < -0.4 is 9.64 Å². The van der Waals surface area contributed by atoms with Gasteiger partial charge in [-0.25, -0.2) is 4.98 Å². The highest BCUT2D eigenvalue weighted by atomic mass is 16.5. The molecule has 27 heavy (non-hydrogen) atoms. The number of benzene rings is 1. The van der Waals surface area contributed by atoms with Crippen LogP contribution >= 0.6 is 0 Å². The lowest BCUT2D eigenvalue weighted by Crippen LogP contribution is -2.46. The zero-order valence-electron chi connectivity index (χ0n) is 16.4. The number of hydrogen-bond acceptors (Lipinski definition) is 4. The molecule has 0 N–H and O–H groups in total. The Hall–Kier alpha value is -2.07. The summed E-state index contributed by atoms with van der Waals surface area (Å²) in [6.45, 7) is 5.67. The highest BCUT2D eigenvalue weighted by Gasteiger charge is 2.23. The summed E-state index contributed by atoms with van der Waals surface area (Å²) in [5, 5.41) is 0. The molecule has 2 heterocycles. The van der Waals surface area contributed by atoms with Crippen molar-refractivity contribution in [3.63, 3.8) is 0 Å². The Morgan fingerprint density at radius 3 is 2.74 bits per heavy atom. The first-order chi connectivity index (χ1) is 13.3. The zero-order chi connectivity index (χ0) is 18.5. The van der Waals surface area contributed by atoms with Crippen LogP contribution in [0, 0.1) is 0 Å². The van der Waals surface area contributed by atoms with Crippen LogP contribution in [0.15, 0.2) is 42.6 Å². The van der Waals surface area contributed by atoms with Gasteiger partial charge in [0.1, 0.15) is 11.6 Å². The number of rotatable bonds is 6. The molecule has 0 amide bonds. The summed E-state index contributed by atoms with van der Waals surface area (Å²) in [6.07, 6.45) is 8.25. The van der Waals surface area contributed by atoms with E-state index in [0.29, 0.717) is 5.92 Å². The third-order valence-electron chi connectivity index (χ3n) is 6.18. The molecule has 2 aliphatic rings. The van der Waals surface area contributed by atoms with Crippen molar-refractivity contribution in [3.8, 4) is 5.75 Å². The molecule has 0 bridgehead atoms. The molecule has 1 saturated heterocycles. The maximum Gasteiger partial charge on any atom is 0.128 e. The van der Waals surface area contributed by atoms with E-state index < -0.39 is 0 Å². The Kier molecular flexibility index (Phi) is 5.93. The van der Waals surface area contributed by atoms with Crippen LogP contribution in [0.1, 0.15) is 42.7 Å². The Labute approximate surface area is 163 Å². The molecular weight excluding hydrogens is 334 g/mol. The van der Waals surface area contributed by atoms with Gasteiger partial charge in [-0.2, -0.15) is 0 Å². The van der Waals surface area contributed by atoms with Crippen LogP contribution in [0.25, 0.3) is 0 Å². The fourth-order valence-electron chi connectivity index (χ4n) is 4.71. The normalized spacial score (nSPS) is 20.3. The standard InChI is InChI=1S/C23H31N3O/c1-27-22-11-5-9-20-19(7-4-10-21(20)22)8-6-14-25-15-17-26(18-16-25)23-12-2-3-13-24-23/h2-3,5,9,11-13,19H,4,6-8,10,14-18H2,1H3/t19-/m0/s1. The van der Waals surface area contributed by atoms with E-state index in [4.69, 9.17) is 4.74 Å².